The van der Waals surface area contributed by atoms with E-state index >= 15 is 0 Å². The number of aliphatic hydroxyl groups is 1. The van der Waals surface area contributed by atoms with Crippen molar-refractivity contribution in [2.24, 2.45) is 5.41 Å². The van der Waals surface area contributed by atoms with Gasteiger partial charge in [-0.3, -0.25) is 4.98 Å². The largest absolute Gasteiger partial charge is 0.412 e. The second-order valence-electron chi connectivity index (χ2n) is 7.18. The standard InChI is InChI=1S/C16H27NO2Si/c1-16(2,3)15(19-20(4)5)14-13(12-6-7-12)8-11(10-18)9-17-14/h8-9,12,15,18,20H,6-7,10H2,1-5H3. The summed E-state index contributed by atoms with van der Waals surface area (Å²) < 4.78 is 6.31. The van der Waals surface area contributed by atoms with Crippen molar-refractivity contribution in [3.8, 4) is 0 Å². The zero-order valence-electron chi connectivity index (χ0n) is 13.3. The monoisotopic (exact) mass is 293 g/mol. The highest BCUT2D eigenvalue weighted by molar-refractivity contribution is 6.48. The van der Waals surface area contributed by atoms with Gasteiger partial charge in [-0.1, -0.05) is 20.8 Å². The number of hydrogen-bond acceptors (Lipinski definition) is 3. The van der Waals surface area contributed by atoms with Gasteiger partial charge in [0.2, 0.25) is 0 Å². The first-order valence-corrected chi connectivity index (χ1v) is 10.4. The molecule has 0 spiro atoms. The van der Waals surface area contributed by atoms with Crippen LogP contribution in [0.4, 0.5) is 0 Å². The Hall–Kier alpha value is -0.713. The van der Waals surface area contributed by atoms with Crippen molar-refractivity contribution in [1.29, 1.82) is 0 Å². The van der Waals surface area contributed by atoms with Crippen LogP contribution in [0.3, 0.4) is 0 Å². The van der Waals surface area contributed by atoms with Gasteiger partial charge in [-0.25, -0.2) is 0 Å². The Bertz CT molecular complexity index is 464. The van der Waals surface area contributed by atoms with E-state index in [1.165, 1.54) is 18.4 Å². The maximum atomic E-state index is 9.33. The summed E-state index contributed by atoms with van der Waals surface area (Å²) in [6, 6.07) is 2.13. The lowest BCUT2D eigenvalue weighted by molar-refractivity contribution is 0.0817. The molecule has 112 valence electrons. The zero-order chi connectivity index (χ0) is 14.9. The van der Waals surface area contributed by atoms with Crippen molar-refractivity contribution in [3.63, 3.8) is 0 Å². The van der Waals surface area contributed by atoms with Gasteiger partial charge in [0.1, 0.15) is 0 Å². The van der Waals surface area contributed by atoms with Crippen molar-refractivity contribution in [2.75, 3.05) is 0 Å². The number of aromatic nitrogens is 1. The van der Waals surface area contributed by atoms with Crippen molar-refractivity contribution in [1.82, 2.24) is 4.98 Å². The van der Waals surface area contributed by atoms with Gasteiger partial charge in [0.15, 0.2) is 9.04 Å². The number of hydrogen-bond donors (Lipinski definition) is 1. The van der Waals surface area contributed by atoms with Gasteiger partial charge in [-0.2, -0.15) is 0 Å². The normalized spacial score (nSPS) is 17.6. The van der Waals surface area contributed by atoms with Crippen LogP contribution in [0.1, 0.15) is 62.5 Å². The molecule has 1 fully saturated rings. The van der Waals surface area contributed by atoms with Gasteiger partial charge in [-0.05, 0) is 54.5 Å². The van der Waals surface area contributed by atoms with Crippen LogP contribution in [0.5, 0.6) is 0 Å². The highest BCUT2D eigenvalue weighted by Gasteiger charge is 2.35. The van der Waals surface area contributed by atoms with Gasteiger partial charge in [0.05, 0.1) is 18.4 Å². The lowest BCUT2D eigenvalue weighted by Gasteiger charge is -2.33. The van der Waals surface area contributed by atoms with Crippen LogP contribution in [-0.2, 0) is 11.0 Å². The molecule has 1 saturated carbocycles. The fourth-order valence-corrected chi connectivity index (χ4v) is 3.60. The average molecular weight is 293 g/mol. The minimum Gasteiger partial charge on any atom is -0.412 e. The van der Waals surface area contributed by atoms with Gasteiger partial charge in [0.25, 0.3) is 0 Å². The molecule has 3 nitrogen and oxygen atoms in total. The molecule has 1 aromatic rings. The quantitative estimate of drug-likeness (QED) is 0.844. The molecule has 4 heteroatoms. The Morgan fingerprint density at radius 1 is 1.40 bits per heavy atom. The minimum absolute atomic E-state index is 0.0364. The van der Waals surface area contributed by atoms with Crippen LogP contribution < -0.4 is 0 Å². The van der Waals surface area contributed by atoms with Gasteiger partial charge >= 0.3 is 0 Å². The molecule has 0 saturated heterocycles. The first-order chi connectivity index (χ1) is 9.32. The molecule has 0 amide bonds. The van der Waals surface area contributed by atoms with E-state index in [2.05, 4.69) is 44.9 Å². The molecular formula is C16H27NO2Si. The summed E-state index contributed by atoms with van der Waals surface area (Å²) in [7, 11) is -1.14. The Morgan fingerprint density at radius 2 is 2.05 bits per heavy atom. The van der Waals surface area contributed by atoms with Crippen molar-refractivity contribution in [2.45, 2.75) is 65.3 Å². The molecule has 0 radical (unpaired) electrons. The fourth-order valence-electron chi connectivity index (χ4n) is 2.52. The molecule has 2 rings (SSSR count). The molecule has 1 N–H and O–H groups in total. The second-order valence-corrected chi connectivity index (χ2v) is 9.55. The average Bonchev–Trinajstić information content (AvgIpc) is 3.18. The van der Waals surface area contributed by atoms with E-state index < -0.39 is 9.04 Å². The van der Waals surface area contributed by atoms with E-state index in [4.69, 9.17) is 4.43 Å². The summed E-state index contributed by atoms with van der Waals surface area (Å²) in [5, 5.41) is 9.33. The lowest BCUT2D eigenvalue weighted by atomic mass is 9.84. The summed E-state index contributed by atoms with van der Waals surface area (Å²) >= 11 is 0. The smallest absolute Gasteiger partial charge is 0.171 e. The van der Waals surface area contributed by atoms with E-state index in [1.807, 2.05) is 0 Å². The Kier molecular flexibility index (Phi) is 4.67. The van der Waals surface area contributed by atoms with E-state index in [1.54, 1.807) is 6.20 Å². The molecule has 20 heavy (non-hydrogen) atoms. The molecule has 0 aliphatic heterocycles. The van der Waals surface area contributed by atoms with Crippen LogP contribution in [0.15, 0.2) is 12.3 Å². The number of rotatable bonds is 5. The highest BCUT2D eigenvalue weighted by Crippen LogP contribution is 2.46. The summed E-state index contributed by atoms with van der Waals surface area (Å²) in [5.74, 6) is 0.617. The molecule has 1 atom stereocenters. The van der Waals surface area contributed by atoms with Gasteiger partial charge in [0, 0.05) is 6.20 Å². The first-order valence-electron chi connectivity index (χ1n) is 7.58. The predicted molar refractivity (Wildman–Crippen MR) is 84.3 cm³/mol. The topological polar surface area (TPSA) is 42.4 Å². The molecule has 1 heterocycles. The number of pyridine rings is 1. The highest BCUT2D eigenvalue weighted by atomic mass is 28.3. The lowest BCUT2D eigenvalue weighted by Crippen LogP contribution is -2.27. The molecule has 0 aromatic carbocycles. The van der Waals surface area contributed by atoms with E-state index in [0.29, 0.717) is 5.92 Å². The third kappa shape index (κ3) is 3.68. The van der Waals surface area contributed by atoms with Crippen LogP contribution in [0.2, 0.25) is 13.1 Å². The molecule has 1 aliphatic carbocycles. The minimum atomic E-state index is -1.14. The second kappa shape index (κ2) is 5.96. The first kappa shape index (κ1) is 15.7. The molecule has 1 aliphatic rings. The van der Waals surface area contributed by atoms with Crippen LogP contribution in [0.25, 0.3) is 0 Å². The zero-order valence-corrected chi connectivity index (χ0v) is 14.5. The number of nitrogens with zero attached hydrogens (tertiary/aromatic N) is 1. The maximum Gasteiger partial charge on any atom is 0.171 e. The fraction of sp³-hybridized carbons (Fsp3) is 0.688. The third-order valence-corrected chi connectivity index (χ3v) is 4.47. The van der Waals surface area contributed by atoms with Crippen molar-refractivity contribution < 1.29 is 9.53 Å². The van der Waals surface area contributed by atoms with Gasteiger partial charge in [-0.15, -0.1) is 0 Å². The SMILES string of the molecule is C[SiH](C)OC(c1ncc(CO)cc1C1CC1)C(C)(C)C. The van der Waals surface area contributed by atoms with Crippen LogP contribution >= 0.6 is 0 Å². The Balaban J connectivity index is 2.41. The van der Waals surface area contributed by atoms with Crippen molar-refractivity contribution >= 4 is 9.04 Å². The van der Waals surface area contributed by atoms with Crippen molar-refractivity contribution in [3.05, 3.63) is 29.1 Å². The Labute approximate surface area is 124 Å². The summed E-state index contributed by atoms with van der Waals surface area (Å²) in [4.78, 5) is 4.67. The van der Waals surface area contributed by atoms with Gasteiger partial charge < -0.3 is 9.53 Å². The summed E-state index contributed by atoms with van der Waals surface area (Å²) in [5.41, 5.74) is 3.34. The van der Waals surface area contributed by atoms with Crippen LogP contribution in [0, 0.1) is 5.41 Å². The number of aliphatic hydroxyl groups excluding tert-OH is 1. The molecule has 1 aromatic heterocycles. The van der Waals surface area contributed by atoms with E-state index in [9.17, 15) is 5.11 Å². The van der Waals surface area contributed by atoms with E-state index in [0.717, 1.165) is 11.3 Å². The third-order valence-electron chi connectivity index (χ3n) is 3.65. The molecule has 0 bridgehead atoms. The summed E-state index contributed by atoms with van der Waals surface area (Å²) in [6.45, 7) is 11.1. The van der Waals surface area contributed by atoms with E-state index in [-0.39, 0.29) is 18.1 Å². The molecule has 1 unspecified atom stereocenters. The summed E-state index contributed by atoms with van der Waals surface area (Å²) in [6.07, 6.45) is 4.32. The molecular weight excluding hydrogens is 266 g/mol. The Morgan fingerprint density at radius 3 is 2.50 bits per heavy atom. The predicted octanol–water partition coefficient (Wildman–Crippen LogP) is 3.54. The van der Waals surface area contributed by atoms with Crippen LogP contribution in [-0.4, -0.2) is 19.1 Å². The maximum absolute atomic E-state index is 9.33.